The zero-order chi connectivity index (χ0) is 18.9. The highest BCUT2D eigenvalue weighted by molar-refractivity contribution is 8.04. The summed E-state index contributed by atoms with van der Waals surface area (Å²) in [4.78, 5) is 26.5. The van der Waals surface area contributed by atoms with Gasteiger partial charge in [0.05, 0.1) is 11.0 Å². The van der Waals surface area contributed by atoms with Crippen LogP contribution in [-0.4, -0.2) is 57.0 Å². The first kappa shape index (κ1) is 21.5. The lowest BCUT2D eigenvalue weighted by atomic mass is 10.00. The van der Waals surface area contributed by atoms with Crippen LogP contribution >= 0.6 is 34.9 Å². The Morgan fingerprint density at radius 3 is 2.81 bits per heavy atom. The van der Waals surface area contributed by atoms with Gasteiger partial charge in [-0.1, -0.05) is 48.7 Å². The quantitative estimate of drug-likeness (QED) is 0.622. The largest absolute Gasteiger partial charge is 0.355 e. The van der Waals surface area contributed by atoms with Gasteiger partial charge in [0.15, 0.2) is 8.68 Å². The van der Waals surface area contributed by atoms with E-state index in [0.29, 0.717) is 18.3 Å². The second-order valence-corrected chi connectivity index (χ2v) is 10.1. The lowest BCUT2D eigenvalue weighted by molar-refractivity contribution is -0.134. The summed E-state index contributed by atoms with van der Waals surface area (Å²) in [6, 6.07) is 0.376. The van der Waals surface area contributed by atoms with Gasteiger partial charge in [-0.2, -0.15) is 0 Å². The van der Waals surface area contributed by atoms with Crippen molar-refractivity contribution in [2.75, 3.05) is 18.8 Å². The molecule has 0 aliphatic carbocycles. The summed E-state index contributed by atoms with van der Waals surface area (Å²) in [5.74, 6) is 0.560. The third-order valence-electron chi connectivity index (χ3n) is 4.29. The van der Waals surface area contributed by atoms with E-state index in [2.05, 4.69) is 27.3 Å². The molecule has 0 spiro atoms. The monoisotopic (exact) mass is 416 g/mol. The molecule has 1 aromatic rings. The number of carbonyl (C=O) groups excluding carboxylic acids is 2. The fourth-order valence-electron chi connectivity index (χ4n) is 2.90. The predicted molar refractivity (Wildman–Crippen MR) is 109 cm³/mol. The van der Waals surface area contributed by atoms with Gasteiger partial charge < -0.3 is 10.2 Å². The van der Waals surface area contributed by atoms with Crippen molar-refractivity contribution >= 4 is 46.7 Å². The van der Waals surface area contributed by atoms with Gasteiger partial charge in [-0.05, 0) is 39.0 Å². The number of amides is 2. The summed E-state index contributed by atoms with van der Waals surface area (Å²) >= 11 is 4.31. The molecule has 6 nitrogen and oxygen atoms in total. The molecule has 1 aliphatic rings. The molecule has 26 heavy (non-hydrogen) atoms. The van der Waals surface area contributed by atoms with Crippen LogP contribution < -0.4 is 5.32 Å². The standard InChI is InChI=1S/C17H28N4O2S3/c1-4-9-18-14(22)11-24-16-19-20-17(26-16)25-12(3)15(23)21-10-7-6-8-13(21)5-2/h12-13H,4-11H2,1-3H3,(H,18,22)/t12-,13+/m0/s1. The van der Waals surface area contributed by atoms with Crippen molar-refractivity contribution in [1.82, 2.24) is 20.4 Å². The minimum absolute atomic E-state index is 0.0144. The van der Waals surface area contributed by atoms with Gasteiger partial charge in [0.2, 0.25) is 11.8 Å². The van der Waals surface area contributed by atoms with Crippen LogP contribution in [0.15, 0.2) is 8.68 Å². The van der Waals surface area contributed by atoms with Crippen molar-refractivity contribution in [3.63, 3.8) is 0 Å². The van der Waals surface area contributed by atoms with Crippen LogP contribution in [0.3, 0.4) is 0 Å². The molecule has 9 heteroatoms. The number of piperidine rings is 1. The third kappa shape index (κ3) is 6.42. The molecule has 146 valence electrons. The lowest BCUT2D eigenvalue weighted by Gasteiger charge is -2.36. The highest BCUT2D eigenvalue weighted by Crippen LogP contribution is 2.32. The second kappa shape index (κ2) is 11.1. The normalized spacial score (nSPS) is 18.6. The molecule has 0 aromatic carbocycles. The van der Waals surface area contributed by atoms with Crippen molar-refractivity contribution < 1.29 is 9.59 Å². The number of thioether (sulfide) groups is 2. The molecule has 0 saturated carbocycles. The summed E-state index contributed by atoms with van der Waals surface area (Å²) < 4.78 is 1.55. The Balaban J connectivity index is 1.83. The Hall–Kier alpha value is -0.800. The summed E-state index contributed by atoms with van der Waals surface area (Å²) in [7, 11) is 0. The SMILES string of the molecule is CCCNC(=O)CSc1nnc(S[C@@H](C)C(=O)N2CCCC[C@H]2CC)s1. The molecule has 1 aliphatic heterocycles. The van der Waals surface area contributed by atoms with E-state index < -0.39 is 0 Å². The van der Waals surface area contributed by atoms with Crippen molar-refractivity contribution in [3.8, 4) is 0 Å². The minimum Gasteiger partial charge on any atom is -0.355 e. The number of aromatic nitrogens is 2. The van der Waals surface area contributed by atoms with Crippen LogP contribution in [-0.2, 0) is 9.59 Å². The van der Waals surface area contributed by atoms with Crippen molar-refractivity contribution in [2.45, 2.75) is 72.8 Å². The number of rotatable bonds is 9. The first-order valence-corrected chi connectivity index (χ1v) is 11.9. The molecule has 0 radical (unpaired) electrons. The van der Waals surface area contributed by atoms with Gasteiger partial charge in [-0.25, -0.2) is 0 Å². The highest BCUT2D eigenvalue weighted by Gasteiger charge is 2.29. The van der Waals surface area contributed by atoms with Gasteiger partial charge in [0, 0.05) is 19.1 Å². The average Bonchev–Trinajstić information content (AvgIpc) is 3.11. The van der Waals surface area contributed by atoms with E-state index in [1.165, 1.54) is 41.3 Å². The molecule has 2 atom stereocenters. The summed E-state index contributed by atoms with van der Waals surface area (Å²) in [6.45, 7) is 7.69. The van der Waals surface area contributed by atoms with Gasteiger partial charge in [0.25, 0.3) is 0 Å². The number of hydrogen-bond donors (Lipinski definition) is 1. The molecule has 1 saturated heterocycles. The van der Waals surface area contributed by atoms with Crippen molar-refractivity contribution in [2.24, 2.45) is 0 Å². The Bertz CT molecular complexity index is 596. The topological polar surface area (TPSA) is 75.2 Å². The van der Waals surface area contributed by atoms with E-state index in [1.54, 1.807) is 0 Å². The molecule has 2 heterocycles. The second-order valence-electron chi connectivity index (χ2n) is 6.32. The maximum atomic E-state index is 12.8. The molecule has 1 aromatic heterocycles. The molecular weight excluding hydrogens is 388 g/mol. The fraction of sp³-hybridized carbons (Fsp3) is 0.765. The Labute approximate surface area is 168 Å². The molecule has 0 unspecified atom stereocenters. The minimum atomic E-state index is -0.166. The van der Waals surface area contributed by atoms with Crippen LogP contribution in [0, 0.1) is 0 Å². The summed E-state index contributed by atoms with van der Waals surface area (Å²) in [6.07, 6.45) is 5.37. The number of nitrogens with one attached hydrogen (secondary N) is 1. The van der Waals surface area contributed by atoms with E-state index in [1.807, 2.05) is 13.8 Å². The van der Waals surface area contributed by atoms with Gasteiger partial charge in [-0.3, -0.25) is 9.59 Å². The summed E-state index contributed by atoms with van der Waals surface area (Å²) in [5, 5.41) is 11.0. The predicted octanol–water partition coefficient (Wildman–Crippen LogP) is 3.43. The van der Waals surface area contributed by atoms with E-state index in [9.17, 15) is 9.59 Å². The number of nitrogens with zero attached hydrogens (tertiary/aromatic N) is 3. The highest BCUT2D eigenvalue weighted by atomic mass is 32.2. The average molecular weight is 417 g/mol. The molecule has 0 bridgehead atoms. The first-order valence-electron chi connectivity index (χ1n) is 9.25. The van der Waals surface area contributed by atoms with E-state index >= 15 is 0 Å². The van der Waals surface area contributed by atoms with Gasteiger partial charge >= 0.3 is 0 Å². The van der Waals surface area contributed by atoms with Gasteiger partial charge in [-0.15, -0.1) is 10.2 Å². The first-order chi connectivity index (χ1) is 12.5. The number of likely N-dealkylation sites (tertiary alicyclic amines) is 1. The van der Waals surface area contributed by atoms with E-state index in [0.717, 1.165) is 40.9 Å². The van der Waals surface area contributed by atoms with E-state index in [4.69, 9.17) is 0 Å². The van der Waals surface area contributed by atoms with E-state index in [-0.39, 0.29) is 17.1 Å². The molecule has 2 rings (SSSR count). The lowest BCUT2D eigenvalue weighted by Crippen LogP contribution is -2.46. The maximum Gasteiger partial charge on any atom is 0.236 e. The van der Waals surface area contributed by atoms with Crippen LogP contribution in [0.4, 0.5) is 0 Å². The Morgan fingerprint density at radius 1 is 1.31 bits per heavy atom. The Kier molecular flexibility index (Phi) is 9.21. The van der Waals surface area contributed by atoms with Crippen LogP contribution in [0.5, 0.6) is 0 Å². The Morgan fingerprint density at radius 2 is 2.08 bits per heavy atom. The molecule has 2 amide bonds. The molecule has 1 fully saturated rings. The molecule has 1 N–H and O–H groups in total. The van der Waals surface area contributed by atoms with Crippen molar-refractivity contribution in [1.29, 1.82) is 0 Å². The van der Waals surface area contributed by atoms with Crippen molar-refractivity contribution in [3.05, 3.63) is 0 Å². The zero-order valence-corrected chi connectivity index (χ0v) is 18.1. The molecular formula is C17H28N4O2S3. The van der Waals surface area contributed by atoms with Crippen LogP contribution in [0.25, 0.3) is 0 Å². The zero-order valence-electron chi connectivity index (χ0n) is 15.7. The van der Waals surface area contributed by atoms with Gasteiger partial charge in [0.1, 0.15) is 0 Å². The maximum absolute atomic E-state index is 12.8. The third-order valence-corrected chi connectivity index (χ3v) is 7.52. The number of hydrogen-bond acceptors (Lipinski definition) is 7. The van der Waals surface area contributed by atoms with Crippen LogP contribution in [0.1, 0.15) is 52.9 Å². The fourth-order valence-corrected chi connectivity index (χ4v) is 5.96. The summed E-state index contributed by atoms with van der Waals surface area (Å²) in [5.41, 5.74) is 0. The number of carbonyl (C=O) groups is 2. The van der Waals surface area contributed by atoms with Crippen LogP contribution in [0.2, 0.25) is 0 Å². The smallest absolute Gasteiger partial charge is 0.236 e.